The summed E-state index contributed by atoms with van der Waals surface area (Å²) >= 11 is 3.18. The van der Waals surface area contributed by atoms with Crippen molar-refractivity contribution in [1.29, 1.82) is 0 Å². The van der Waals surface area contributed by atoms with Gasteiger partial charge in [-0.2, -0.15) is 13.2 Å². The van der Waals surface area contributed by atoms with E-state index in [1.54, 1.807) is 11.4 Å². The molecule has 158 valence electrons. The van der Waals surface area contributed by atoms with Gasteiger partial charge in [0.1, 0.15) is 30.3 Å². The number of nitrogen functional groups attached to an aromatic ring is 1. The number of rotatable bonds is 6. The lowest BCUT2D eigenvalue weighted by molar-refractivity contribution is -0.173. The van der Waals surface area contributed by atoms with Gasteiger partial charge in [0, 0.05) is 15.9 Å². The molecule has 0 saturated carbocycles. The van der Waals surface area contributed by atoms with E-state index in [-0.39, 0.29) is 30.3 Å². The number of benzene rings is 2. The van der Waals surface area contributed by atoms with E-state index in [0.29, 0.717) is 21.2 Å². The first-order valence-electron chi connectivity index (χ1n) is 8.39. The Balaban J connectivity index is 1.75. The Kier molecular flexibility index (Phi) is 6.25. The van der Waals surface area contributed by atoms with E-state index < -0.39 is 17.9 Å². The third kappa shape index (κ3) is 5.06. The molecule has 30 heavy (non-hydrogen) atoms. The van der Waals surface area contributed by atoms with Gasteiger partial charge < -0.3 is 21.1 Å². The van der Waals surface area contributed by atoms with Crippen LogP contribution in [0.5, 0.6) is 5.75 Å². The molecule has 0 saturated heterocycles. The lowest BCUT2D eigenvalue weighted by atomic mass is 10.2. The minimum atomic E-state index is -4.96. The SMILES string of the molecule is Nc1cc2c(Nc3ccc(Br)cc3F)ncnc2cc1OCCNC(=O)C(F)(F)F. The molecule has 0 spiro atoms. The molecular formula is C18H14BrF4N5O2. The van der Waals surface area contributed by atoms with Gasteiger partial charge in [-0.3, -0.25) is 4.79 Å². The number of carbonyl (C=O) groups is 1. The van der Waals surface area contributed by atoms with Gasteiger partial charge in [0.25, 0.3) is 0 Å². The van der Waals surface area contributed by atoms with E-state index in [0.717, 1.165) is 0 Å². The van der Waals surface area contributed by atoms with Crippen molar-refractivity contribution in [1.82, 2.24) is 15.3 Å². The molecule has 0 aliphatic heterocycles. The number of alkyl halides is 3. The quantitative estimate of drug-likeness (QED) is 0.276. The van der Waals surface area contributed by atoms with E-state index >= 15 is 0 Å². The van der Waals surface area contributed by atoms with Crippen LogP contribution in [0.4, 0.5) is 34.8 Å². The fourth-order valence-electron chi connectivity index (χ4n) is 2.47. The summed E-state index contributed by atoms with van der Waals surface area (Å²) in [5.41, 5.74) is 6.72. The summed E-state index contributed by atoms with van der Waals surface area (Å²) in [5, 5.41) is 5.04. The second-order valence-electron chi connectivity index (χ2n) is 5.98. The molecule has 1 amide bonds. The summed E-state index contributed by atoms with van der Waals surface area (Å²) < 4.78 is 56.5. The molecule has 3 aromatic rings. The minimum absolute atomic E-state index is 0.166. The van der Waals surface area contributed by atoms with Crippen molar-refractivity contribution in [2.24, 2.45) is 0 Å². The fourth-order valence-corrected chi connectivity index (χ4v) is 2.80. The van der Waals surface area contributed by atoms with Crippen LogP contribution in [0.3, 0.4) is 0 Å². The molecule has 0 fully saturated rings. The van der Waals surface area contributed by atoms with Crippen molar-refractivity contribution >= 4 is 49.9 Å². The predicted octanol–water partition coefficient (Wildman–Crippen LogP) is 3.91. The maximum absolute atomic E-state index is 14.1. The van der Waals surface area contributed by atoms with E-state index in [9.17, 15) is 22.4 Å². The molecule has 1 aromatic heterocycles. The van der Waals surface area contributed by atoms with Crippen LogP contribution in [-0.2, 0) is 4.79 Å². The van der Waals surface area contributed by atoms with Crippen LogP contribution in [0.2, 0.25) is 0 Å². The van der Waals surface area contributed by atoms with Crippen molar-refractivity contribution in [2.75, 3.05) is 24.2 Å². The molecule has 1 heterocycles. The van der Waals surface area contributed by atoms with Gasteiger partial charge in [-0.05, 0) is 24.3 Å². The number of halogens is 5. The van der Waals surface area contributed by atoms with Gasteiger partial charge in [0.2, 0.25) is 0 Å². The summed E-state index contributed by atoms with van der Waals surface area (Å²) in [5.74, 6) is -2.08. The van der Waals surface area contributed by atoms with Crippen LogP contribution in [-0.4, -0.2) is 35.2 Å². The first-order valence-corrected chi connectivity index (χ1v) is 9.18. The second kappa shape index (κ2) is 8.69. The van der Waals surface area contributed by atoms with E-state index in [4.69, 9.17) is 10.5 Å². The highest BCUT2D eigenvalue weighted by Crippen LogP contribution is 2.32. The minimum Gasteiger partial charge on any atom is -0.490 e. The zero-order valence-corrected chi connectivity index (χ0v) is 16.6. The highest BCUT2D eigenvalue weighted by atomic mass is 79.9. The number of nitrogens with two attached hydrogens (primary N) is 1. The average Bonchev–Trinajstić information content (AvgIpc) is 2.67. The Morgan fingerprint density at radius 2 is 1.97 bits per heavy atom. The van der Waals surface area contributed by atoms with Crippen LogP contribution < -0.4 is 21.1 Å². The number of fused-ring (bicyclic) bond motifs is 1. The number of nitrogens with zero attached hydrogens (tertiary/aromatic N) is 2. The number of anilines is 3. The van der Waals surface area contributed by atoms with Crippen LogP contribution in [0, 0.1) is 5.82 Å². The smallest absolute Gasteiger partial charge is 0.471 e. The maximum Gasteiger partial charge on any atom is 0.471 e. The lowest BCUT2D eigenvalue weighted by Crippen LogP contribution is -2.38. The summed E-state index contributed by atoms with van der Waals surface area (Å²) in [6.07, 6.45) is -3.71. The number of nitrogens with one attached hydrogen (secondary N) is 2. The zero-order valence-electron chi connectivity index (χ0n) is 15.1. The fraction of sp³-hybridized carbons (Fsp3) is 0.167. The number of hydrogen-bond donors (Lipinski definition) is 3. The Morgan fingerprint density at radius 3 is 2.67 bits per heavy atom. The first-order chi connectivity index (χ1) is 14.1. The average molecular weight is 488 g/mol. The molecule has 0 bridgehead atoms. The van der Waals surface area contributed by atoms with Gasteiger partial charge in [-0.15, -0.1) is 0 Å². The van der Waals surface area contributed by atoms with Crippen molar-refractivity contribution in [3.63, 3.8) is 0 Å². The summed E-state index contributed by atoms with van der Waals surface area (Å²) in [4.78, 5) is 19.0. The monoisotopic (exact) mass is 487 g/mol. The first kappa shape index (κ1) is 21.6. The van der Waals surface area contributed by atoms with Crippen LogP contribution in [0.15, 0.2) is 41.1 Å². The Morgan fingerprint density at radius 1 is 1.20 bits per heavy atom. The van der Waals surface area contributed by atoms with E-state index in [2.05, 4.69) is 31.2 Å². The van der Waals surface area contributed by atoms with Crippen molar-refractivity contribution in [3.8, 4) is 5.75 Å². The molecule has 0 atom stereocenters. The normalized spacial score (nSPS) is 11.4. The summed E-state index contributed by atoms with van der Waals surface area (Å²) in [7, 11) is 0. The number of aromatic nitrogens is 2. The molecule has 12 heteroatoms. The maximum atomic E-state index is 14.1. The largest absolute Gasteiger partial charge is 0.490 e. The molecule has 0 aliphatic carbocycles. The van der Waals surface area contributed by atoms with Crippen LogP contribution in [0.1, 0.15) is 0 Å². The van der Waals surface area contributed by atoms with Gasteiger partial charge >= 0.3 is 12.1 Å². The summed E-state index contributed by atoms with van der Waals surface area (Å²) in [6, 6.07) is 7.46. The lowest BCUT2D eigenvalue weighted by Gasteiger charge is -2.13. The highest BCUT2D eigenvalue weighted by Gasteiger charge is 2.38. The van der Waals surface area contributed by atoms with Gasteiger partial charge in [0.05, 0.1) is 23.4 Å². The Hall–Kier alpha value is -3.15. The van der Waals surface area contributed by atoms with E-state index in [1.165, 1.54) is 30.6 Å². The van der Waals surface area contributed by atoms with Crippen molar-refractivity contribution < 1.29 is 27.1 Å². The molecule has 4 N–H and O–H groups in total. The molecule has 0 radical (unpaired) electrons. The van der Waals surface area contributed by atoms with Gasteiger partial charge in [-0.25, -0.2) is 14.4 Å². The third-order valence-electron chi connectivity index (χ3n) is 3.85. The second-order valence-corrected chi connectivity index (χ2v) is 6.90. The molecule has 7 nitrogen and oxygen atoms in total. The highest BCUT2D eigenvalue weighted by molar-refractivity contribution is 9.10. The summed E-state index contributed by atoms with van der Waals surface area (Å²) in [6.45, 7) is -0.604. The topological polar surface area (TPSA) is 102 Å². The number of hydrogen-bond acceptors (Lipinski definition) is 6. The number of ether oxygens (including phenoxy) is 1. The number of carbonyl (C=O) groups excluding carboxylic acids is 1. The van der Waals surface area contributed by atoms with Crippen LogP contribution >= 0.6 is 15.9 Å². The Bertz CT molecular complexity index is 1090. The molecule has 0 aliphatic rings. The van der Waals surface area contributed by atoms with E-state index in [1.807, 2.05) is 0 Å². The van der Waals surface area contributed by atoms with Crippen LogP contribution in [0.25, 0.3) is 10.9 Å². The molecular weight excluding hydrogens is 474 g/mol. The van der Waals surface area contributed by atoms with Crippen molar-refractivity contribution in [3.05, 3.63) is 46.9 Å². The Labute approximate surface area is 175 Å². The standard InChI is InChI=1S/C18H14BrF4N5O2/c19-9-1-2-13(11(20)5-9)28-16-10-6-12(24)15(7-14(10)26-8-27-16)30-4-3-25-17(29)18(21,22)23/h1-2,5-8H,3-4,24H2,(H,25,29)(H,26,27,28). The van der Waals surface area contributed by atoms with Crippen molar-refractivity contribution in [2.45, 2.75) is 6.18 Å². The third-order valence-corrected chi connectivity index (χ3v) is 4.35. The predicted molar refractivity (Wildman–Crippen MR) is 106 cm³/mol. The zero-order chi connectivity index (χ0) is 21.9. The van der Waals surface area contributed by atoms with Gasteiger partial charge in [0.15, 0.2) is 0 Å². The number of amides is 1. The molecule has 0 unspecified atom stereocenters. The molecule has 2 aromatic carbocycles. The van der Waals surface area contributed by atoms with Gasteiger partial charge in [-0.1, -0.05) is 15.9 Å². The molecule has 3 rings (SSSR count).